The molecule has 0 bridgehead atoms. The Morgan fingerprint density at radius 3 is 2.95 bits per heavy atom. The van der Waals surface area contributed by atoms with Crippen molar-refractivity contribution in [2.45, 2.75) is 32.5 Å². The van der Waals surface area contributed by atoms with Gasteiger partial charge in [0, 0.05) is 36.3 Å². The van der Waals surface area contributed by atoms with Gasteiger partial charge in [0.2, 0.25) is 0 Å². The molecule has 2 heterocycles. The maximum absolute atomic E-state index is 5.96. The molecule has 2 aromatic rings. The number of methoxy groups -OCH3 is 1. The number of nitrogens with two attached hydrogens (primary N) is 1. The summed E-state index contributed by atoms with van der Waals surface area (Å²) in [5, 5.41) is 1.37. The van der Waals surface area contributed by atoms with Gasteiger partial charge >= 0.3 is 0 Å². The molecule has 0 spiro atoms. The van der Waals surface area contributed by atoms with E-state index in [1.807, 2.05) is 18.4 Å². The summed E-state index contributed by atoms with van der Waals surface area (Å²) in [6.07, 6.45) is 1.56. The summed E-state index contributed by atoms with van der Waals surface area (Å²) in [5.41, 5.74) is 7.38. The fourth-order valence-corrected chi connectivity index (χ4v) is 4.35. The highest BCUT2D eigenvalue weighted by molar-refractivity contribution is 7.19. The SMILES string of the molecule is COC1CN(Cc2c(CN)sc3ccccc23)CCC1C. The van der Waals surface area contributed by atoms with E-state index < -0.39 is 0 Å². The Labute approximate surface area is 130 Å². The number of rotatable bonds is 4. The van der Waals surface area contributed by atoms with Gasteiger partial charge in [-0.1, -0.05) is 25.1 Å². The summed E-state index contributed by atoms with van der Waals surface area (Å²) in [6.45, 7) is 6.08. The summed E-state index contributed by atoms with van der Waals surface area (Å²) in [5.74, 6) is 0.652. The van der Waals surface area contributed by atoms with Gasteiger partial charge < -0.3 is 10.5 Å². The normalized spacial score (nSPS) is 23.8. The van der Waals surface area contributed by atoms with Crippen LogP contribution in [0.15, 0.2) is 24.3 Å². The predicted octanol–water partition coefficient (Wildman–Crippen LogP) is 3.22. The van der Waals surface area contributed by atoms with Crippen LogP contribution in [-0.2, 0) is 17.8 Å². The predicted molar refractivity (Wildman–Crippen MR) is 89.6 cm³/mol. The molecule has 2 atom stereocenters. The van der Waals surface area contributed by atoms with Crippen LogP contribution in [0.1, 0.15) is 23.8 Å². The molecule has 0 saturated carbocycles. The molecule has 3 rings (SSSR count). The lowest BCUT2D eigenvalue weighted by Gasteiger charge is -2.36. The van der Waals surface area contributed by atoms with Crippen molar-refractivity contribution in [3.05, 3.63) is 34.7 Å². The van der Waals surface area contributed by atoms with Crippen molar-refractivity contribution in [1.82, 2.24) is 4.90 Å². The molecule has 1 fully saturated rings. The van der Waals surface area contributed by atoms with Crippen molar-refractivity contribution in [3.8, 4) is 0 Å². The van der Waals surface area contributed by atoms with Crippen LogP contribution in [0.25, 0.3) is 10.1 Å². The third kappa shape index (κ3) is 2.99. The van der Waals surface area contributed by atoms with Crippen molar-refractivity contribution in [1.29, 1.82) is 0 Å². The Morgan fingerprint density at radius 1 is 1.38 bits per heavy atom. The van der Waals surface area contributed by atoms with Gasteiger partial charge in [0.05, 0.1) is 6.10 Å². The average molecular weight is 304 g/mol. The van der Waals surface area contributed by atoms with Gasteiger partial charge in [-0.05, 0) is 35.9 Å². The Balaban J connectivity index is 1.84. The molecule has 0 aliphatic carbocycles. The molecule has 21 heavy (non-hydrogen) atoms. The van der Waals surface area contributed by atoms with Gasteiger partial charge in [-0.2, -0.15) is 0 Å². The molecular weight excluding hydrogens is 280 g/mol. The van der Waals surface area contributed by atoms with E-state index >= 15 is 0 Å². The van der Waals surface area contributed by atoms with E-state index in [-0.39, 0.29) is 0 Å². The second-order valence-corrected chi connectivity index (χ2v) is 7.12. The summed E-state index contributed by atoms with van der Waals surface area (Å²) >= 11 is 1.84. The van der Waals surface area contributed by atoms with Gasteiger partial charge in [-0.15, -0.1) is 11.3 Å². The molecule has 1 saturated heterocycles. The number of benzene rings is 1. The summed E-state index contributed by atoms with van der Waals surface area (Å²) in [4.78, 5) is 3.84. The summed E-state index contributed by atoms with van der Waals surface area (Å²) in [6, 6.07) is 8.64. The molecule has 1 aliphatic rings. The number of nitrogens with zero attached hydrogens (tertiary/aromatic N) is 1. The highest BCUT2D eigenvalue weighted by Crippen LogP contribution is 2.33. The van der Waals surface area contributed by atoms with Crippen LogP contribution in [0.2, 0.25) is 0 Å². The second kappa shape index (κ2) is 6.44. The number of hydrogen-bond acceptors (Lipinski definition) is 4. The third-order valence-corrected chi connectivity index (χ3v) is 5.86. The van der Waals surface area contributed by atoms with Crippen LogP contribution in [0.4, 0.5) is 0 Å². The highest BCUT2D eigenvalue weighted by atomic mass is 32.1. The Hall–Kier alpha value is -0.940. The number of fused-ring (bicyclic) bond motifs is 1. The van der Waals surface area contributed by atoms with Crippen LogP contribution in [0, 0.1) is 5.92 Å². The quantitative estimate of drug-likeness (QED) is 0.942. The van der Waals surface area contributed by atoms with Crippen LogP contribution >= 0.6 is 11.3 Å². The van der Waals surface area contributed by atoms with Crippen molar-refractivity contribution < 1.29 is 4.74 Å². The minimum Gasteiger partial charge on any atom is -0.380 e. The molecule has 1 aliphatic heterocycles. The van der Waals surface area contributed by atoms with Gasteiger partial charge in [0.25, 0.3) is 0 Å². The first kappa shape index (κ1) is 15.0. The Kier molecular flexibility index (Phi) is 4.60. The summed E-state index contributed by atoms with van der Waals surface area (Å²) in [7, 11) is 1.83. The molecular formula is C17H24N2OS. The minimum atomic E-state index is 0.352. The molecule has 1 aromatic carbocycles. The van der Waals surface area contributed by atoms with E-state index in [1.165, 1.54) is 26.9 Å². The van der Waals surface area contributed by atoms with Crippen molar-refractivity contribution in [2.24, 2.45) is 11.7 Å². The van der Waals surface area contributed by atoms with Crippen LogP contribution in [0.3, 0.4) is 0 Å². The van der Waals surface area contributed by atoms with Crippen LogP contribution in [-0.4, -0.2) is 31.2 Å². The van der Waals surface area contributed by atoms with E-state index in [4.69, 9.17) is 10.5 Å². The number of piperidine rings is 1. The first-order valence-electron chi connectivity index (χ1n) is 7.67. The number of hydrogen-bond donors (Lipinski definition) is 1. The lowest BCUT2D eigenvalue weighted by molar-refractivity contribution is -0.00736. The number of thiophene rings is 1. The first-order valence-corrected chi connectivity index (χ1v) is 8.49. The molecule has 0 amide bonds. The zero-order chi connectivity index (χ0) is 14.8. The lowest BCUT2D eigenvalue weighted by Crippen LogP contribution is -2.43. The molecule has 4 heteroatoms. The number of likely N-dealkylation sites (tertiary alicyclic amines) is 1. The largest absolute Gasteiger partial charge is 0.380 e. The molecule has 3 nitrogen and oxygen atoms in total. The molecule has 2 N–H and O–H groups in total. The monoisotopic (exact) mass is 304 g/mol. The molecule has 114 valence electrons. The van der Waals surface area contributed by atoms with E-state index in [9.17, 15) is 0 Å². The molecule has 1 aromatic heterocycles. The zero-order valence-electron chi connectivity index (χ0n) is 12.8. The van der Waals surface area contributed by atoms with Gasteiger partial charge in [-0.3, -0.25) is 4.90 Å². The number of ether oxygens (including phenoxy) is 1. The summed E-state index contributed by atoms with van der Waals surface area (Å²) < 4.78 is 6.98. The van der Waals surface area contributed by atoms with E-state index in [2.05, 4.69) is 36.1 Å². The third-order valence-electron chi connectivity index (χ3n) is 4.63. The fraction of sp³-hybridized carbons (Fsp3) is 0.529. The average Bonchev–Trinajstić information content (AvgIpc) is 2.87. The Morgan fingerprint density at radius 2 is 2.19 bits per heavy atom. The minimum absolute atomic E-state index is 0.352. The van der Waals surface area contributed by atoms with Gasteiger partial charge in [-0.25, -0.2) is 0 Å². The fourth-order valence-electron chi connectivity index (χ4n) is 3.26. The van der Waals surface area contributed by atoms with Gasteiger partial charge in [0.1, 0.15) is 0 Å². The topological polar surface area (TPSA) is 38.5 Å². The van der Waals surface area contributed by atoms with Crippen LogP contribution in [0.5, 0.6) is 0 Å². The standard InChI is InChI=1S/C17H24N2OS/c1-12-7-8-19(11-15(12)20-2)10-14-13-5-3-4-6-16(13)21-17(14)9-18/h3-6,12,15H,7-11,18H2,1-2H3. The van der Waals surface area contributed by atoms with E-state index in [0.717, 1.165) is 19.6 Å². The van der Waals surface area contributed by atoms with E-state index in [1.54, 1.807) is 0 Å². The highest BCUT2D eigenvalue weighted by Gasteiger charge is 2.26. The first-order chi connectivity index (χ1) is 10.2. The van der Waals surface area contributed by atoms with Crippen molar-refractivity contribution >= 4 is 21.4 Å². The maximum atomic E-state index is 5.96. The van der Waals surface area contributed by atoms with E-state index in [0.29, 0.717) is 18.6 Å². The Bertz CT molecular complexity index is 610. The maximum Gasteiger partial charge on any atom is 0.0724 e. The molecule has 2 unspecified atom stereocenters. The van der Waals surface area contributed by atoms with Crippen LogP contribution < -0.4 is 5.73 Å². The van der Waals surface area contributed by atoms with Crippen molar-refractivity contribution in [2.75, 3.05) is 20.2 Å². The van der Waals surface area contributed by atoms with Crippen molar-refractivity contribution in [3.63, 3.8) is 0 Å². The van der Waals surface area contributed by atoms with Gasteiger partial charge in [0.15, 0.2) is 0 Å². The smallest absolute Gasteiger partial charge is 0.0724 e. The zero-order valence-corrected chi connectivity index (χ0v) is 13.7. The second-order valence-electron chi connectivity index (χ2n) is 5.98. The molecule has 0 radical (unpaired) electrons. The lowest BCUT2D eigenvalue weighted by atomic mass is 9.95.